The summed E-state index contributed by atoms with van der Waals surface area (Å²) < 4.78 is 26.5. The first-order valence-corrected chi connectivity index (χ1v) is 8.37. The van der Waals surface area contributed by atoms with Crippen LogP contribution in [0.25, 0.3) is 0 Å². The number of thiophene rings is 1. The lowest BCUT2D eigenvalue weighted by atomic mass is 10.0. The number of carbonyl (C=O) groups is 1. The zero-order chi connectivity index (χ0) is 14.0. The van der Waals surface area contributed by atoms with Gasteiger partial charge in [-0.05, 0) is 30.2 Å². The van der Waals surface area contributed by atoms with Crippen molar-refractivity contribution in [2.45, 2.75) is 24.7 Å². The number of nitrogen functional groups attached to an aromatic ring is 1. The molecule has 0 unspecified atom stereocenters. The lowest BCUT2D eigenvalue weighted by molar-refractivity contribution is 0.0954. The molecule has 1 aromatic heterocycles. The topological polar surface area (TPSA) is 92.5 Å². The van der Waals surface area contributed by atoms with Crippen molar-refractivity contribution in [3.05, 3.63) is 16.3 Å². The highest BCUT2D eigenvalue weighted by atomic mass is 32.2. The quantitative estimate of drug-likeness (QED) is 0.490. The molecule has 3 N–H and O–H groups in total. The first kappa shape index (κ1) is 14.4. The number of hydrogen-bond acceptors (Lipinski definition) is 5. The van der Waals surface area contributed by atoms with Crippen molar-refractivity contribution in [2.75, 3.05) is 13.1 Å². The van der Waals surface area contributed by atoms with Gasteiger partial charge in [0, 0.05) is 13.1 Å². The molecule has 0 aliphatic carbocycles. The highest BCUT2D eigenvalue weighted by molar-refractivity contribution is 7.89. The van der Waals surface area contributed by atoms with E-state index in [4.69, 9.17) is 5.84 Å². The zero-order valence-corrected chi connectivity index (χ0v) is 12.3. The van der Waals surface area contributed by atoms with Gasteiger partial charge in [0.25, 0.3) is 5.91 Å². The van der Waals surface area contributed by atoms with E-state index >= 15 is 0 Å². The lowest BCUT2D eigenvalue weighted by Gasteiger charge is -2.29. The van der Waals surface area contributed by atoms with Gasteiger partial charge in [-0.2, -0.15) is 4.31 Å². The number of rotatable bonds is 3. The zero-order valence-electron chi connectivity index (χ0n) is 10.6. The summed E-state index contributed by atoms with van der Waals surface area (Å²) in [5, 5.41) is 1.59. The summed E-state index contributed by atoms with van der Waals surface area (Å²) in [7, 11) is -3.61. The van der Waals surface area contributed by atoms with Gasteiger partial charge in [0.2, 0.25) is 10.0 Å². The highest BCUT2D eigenvalue weighted by Crippen LogP contribution is 2.28. The summed E-state index contributed by atoms with van der Waals surface area (Å²) >= 11 is 1.08. The largest absolute Gasteiger partial charge is 0.289 e. The maximum Gasteiger partial charge on any atom is 0.276 e. The third kappa shape index (κ3) is 2.81. The van der Waals surface area contributed by atoms with Crippen LogP contribution in [0.3, 0.4) is 0 Å². The molecule has 6 nitrogen and oxygen atoms in total. The molecule has 19 heavy (non-hydrogen) atoms. The normalized spacial score (nSPS) is 21.3. The van der Waals surface area contributed by atoms with E-state index in [0.717, 1.165) is 24.2 Å². The predicted octanol–water partition coefficient (Wildman–Crippen LogP) is 0.772. The van der Waals surface area contributed by atoms with Gasteiger partial charge in [0.15, 0.2) is 0 Å². The minimum absolute atomic E-state index is 0.0505. The maximum absolute atomic E-state index is 12.5. The molecule has 106 valence electrons. The number of hydrazine groups is 1. The molecular weight excluding hydrogens is 286 g/mol. The van der Waals surface area contributed by atoms with Gasteiger partial charge in [-0.15, -0.1) is 11.3 Å². The van der Waals surface area contributed by atoms with Crippen molar-refractivity contribution in [3.8, 4) is 0 Å². The van der Waals surface area contributed by atoms with Crippen LogP contribution in [0.1, 0.15) is 29.4 Å². The summed E-state index contributed by atoms with van der Waals surface area (Å²) in [5.74, 6) is 4.85. The predicted molar refractivity (Wildman–Crippen MR) is 73.1 cm³/mol. The van der Waals surface area contributed by atoms with Crippen LogP contribution in [0.5, 0.6) is 0 Å². The number of nitrogens with zero attached hydrogens (tertiary/aromatic N) is 1. The number of carbonyl (C=O) groups excluding carboxylic acids is 1. The Morgan fingerprint density at radius 1 is 1.58 bits per heavy atom. The maximum atomic E-state index is 12.5. The van der Waals surface area contributed by atoms with Crippen molar-refractivity contribution in [2.24, 2.45) is 11.8 Å². The summed E-state index contributed by atoms with van der Waals surface area (Å²) in [4.78, 5) is 11.8. The van der Waals surface area contributed by atoms with Crippen LogP contribution in [-0.4, -0.2) is 31.7 Å². The van der Waals surface area contributed by atoms with Crippen molar-refractivity contribution in [1.82, 2.24) is 9.73 Å². The summed E-state index contributed by atoms with van der Waals surface area (Å²) in [6, 6.07) is 1.46. The molecule has 0 spiro atoms. The lowest BCUT2D eigenvalue weighted by Crippen LogP contribution is -2.40. The van der Waals surface area contributed by atoms with E-state index < -0.39 is 15.9 Å². The van der Waals surface area contributed by atoms with E-state index in [0.29, 0.717) is 19.0 Å². The minimum atomic E-state index is -3.61. The molecule has 1 aliphatic rings. The Morgan fingerprint density at radius 3 is 2.95 bits per heavy atom. The first-order valence-electron chi connectivity index (χ1n) is 6.05. The van der Waals surface area contributed by atoms with E-state index in [2.05, 4.69) is 0 Å². The van der Waals surface area contributed by atoms with Gasteiger partial charge in [-0.1, -0.05) is 6.92 Å². The number of nitrogens with two attached hydrogens (primary N) is 1. The van der Waals surface area contributed by atoms with Crippen LogP contribution < -0.4 is 11.3 Å². The Hall–Kier alpha value is -0.960. The number of sulfonamides is 1. The van der Waals surface area contributed by atoms with Crippen LogP contribution in [0.4, 0.5) is 0 Å². The fraction of sp³-hybridized carbons (Fsp3) is 0.545. The summed E-state index contributed by atoms with van der Waals surface area (Å²) in [5.41, 5.74) is 1.98. The molecule has 1 fully saturated rings. The average Bonchev–Trinajstić information content (AvgIpc) is 2.87. The fourth-order valence-corrected chi connectivity index (χ4v) is 5.14. The van der Waals surface area contributed by atoms with Gasteiger partial charge in [0.1, 0.15) is 9.77 Å². The van der Waals surface area contributed by atoms with Gasteiger partial charge >= 0.3 is 0 Å². The highest BCUT2D eigenvalue weighted by Gasteiger charge is 2.32. The Balaban J connectivity index is 2.34. The van der Waals surface area contributed by atoms with Gasteiger partial charge < -0.3 is 0 Å². The number of amides is 1. The van der Waals surface area contributed by atoms with Gasteiger partial charge in [-0.3, -0.25) is 10.2 Å². The number of hydrogen-bond donors (Lipinski definition) is 2. The molecule has 0 aromatic carbocycles. The monoisotopic (exact) mass is 303 g/mol. The molecule has 1 aromatic rings. The third-order valence-corrected chi connectivity index (χ3v) is 6.15. The van der Waals surface area contributed by atoms with Crippen LogP contribution in [-0.2, 0) is 10.0 Å². The molecule has 2 rings (SSSR count). The number of nitrogens with one attached hydrogen (secondary N) is 1. The van der Waals surface area contributed by atoms with E-state index in [1.165, 1.54) is 10.4 Å². The second kappa shape index (κ2) is 5.58. The first-order chi connectivity index (χ1) is 8.96. The molecule has 1 saturated heterocycles. The SMILES string of the molecule is C[C@@H]1CCCN(S(=O)(=O)c2ccsc2C(=O)NN)C1. The number of piperidine rings is 1. The Morgan fingerprint density at radius 2 is 2.32 bits per heavy atom. The smallest absolute Gasteiger partial charge is 0.276 e. The summed E-state index contributed by atoms with van der Waals surface area (Å²) in [6.45, 7) is 3.04. The average molecular weight is 303 g/mol. The van der Waals surface area contributed by atoms with Gasteiger partial charge in [0.05, 0.1) is 0 Å². The van der Waals surface area contributed by atoms with Gasteiger partial charge in [-0.25, -0.2) is 14.3 Å². The van der Waals surface area contributed by atoms with E-state index in [-0.39, 0.29) is 9.77 Å². The Kier molecular flexibility index (Phi) is 4.24. The van der Waals surface area contributed by atoms with E-state index in [1.54, 1.807) is 5.38 Å². The van der Waals surface area contributed by atoms with Crippen LogP contribution in [0.2, 0.25) is 0 Å². The van der Waals surface area contributed by atoms with Crippen LogP contribution in [0, 0.1) is 5.92 Å². The fourth-order valence-electron chi connectivity index (χ4n) is 2.24. The third-order valence-electron chi connectivity index (χ3n) is 3.20. The molecule has 1 aliphatic heterocycles. The Bertz CT molecular complexity index is 567. The second-order valence-electron chi connectivity index (χ2n) is 4.70. The van der Waals surface area contributed by atoms with Crippen molar-refractivity contribution in [3.63, 3.8) is 0 Å². The van der Waals surface area contributed by atoms with Crippen LogP contribution >= 0.6 is 11.3 Å². The molecule has 1 atom stereocenters. The molecule has 0 bridgehead atoms. The molecule has 8 heteroatoms. The molecular formula is C11H17N3O3S2. The van der Waals surface area contributed by atoms with Crippen LogP contribution in [0.15, 0.2) is 16.3 Å². The molecule has 0 radical (unpaired) electrons. The molecule has 0 saturated carbocycles. The summed E-state index contributed by atoms with van der Waals surface area (Å²) in [6.07, 6.45) is 1.88. The standard InChI is InChI=1S/C11H17N3O3S2/c1-8-3-2-5-14(7-8)19(16,17)9-4-6-18-10(9)11(15)13-12/h4,6,8H,2-3,5,7,12H2,1H3,(H,13,15)/t8-/m1/s1. The van der Waals surface area contributed by atoms with E-state index in [9.17, 15) is 13.2 Å². The van der Waals surface area contributed by atoms with Crippen molar-refractivity contribution < 1.29 is 13.2 Å². The van der Waals surface area contributed by atoms with Crippen molar-refractivity contribution >= 4 is 27.3 Å². The molecule has 2 heterocycles. The minimum Gasteiger partial charge on any atom is -0.289 e. The van der Waals surface area contributed by atoms with E-state index in [1.807, 2.05) is 12.3 Å². The second-order valence-corrected chi connectivity index (χ2v) is 7.52. The Labute approximate surface area is 116 Å². The molecule has 1 amide bonds. The van der Waals surface area contributed by atoms with Crippen molar-refractivity contribution in [1.29, 1.82) is 0 Å².